The van der Waals surface area contributed by atoms with E-state index in [2.05, 4.69) is 34.7 Å². The number of nitrogens with zero attached hydrogens (tertiary/aromatic N) is 2. The molecule has 8 heteroatoms. The van der Waals surface area contributed by atoms with Gasteiger partial charge in [-0.15, -0.1) is 10.2 Å². The lowest BCUT2D eigenvalue weighted by Crippen LogP contribution is -2.42. The predicted molar refractivity (Wildman–Crippen MR) is 72.3 cm³/mol. The number of carboxylic acid groups (broad SMARTS) is 1. The SMILES string of the molecule is CC[C@@H](NC(=O)Nc1nnc(CC(C)C)s1)C(=O)O. The number of aliphatic carboxylic acids is 1. The Labute approximate surface area is 115 Å². The van der Waals surface area contributed by atoms with Gasteiger partial charge in [-0.2, -0.15) is 0 Å². The van der Waals surface area contributed by atoms with E-state index in [0.29, 0.717) is 17.5 Å². The summed E-state index contributed by atoms with van der Waals surface area (Å²) in [6.07, 6.45) is 1.12. The summed E-state index contributed by atoms with van der Waals surface area (Å²) in [7, 11) is 0. The Morgan fingerprint density at radius 3 is 2.58 bits per heavy atom. The molecule has 0 bridgehead atoms. The van der Waals surface area contributed by atoms with E-state index in [1.807, 2.05) is 0 Å². The smallest absolute Gasteiger partial charge is 0.326 e. The van der Waals surface area contributed by atoms with Crippen LogP contribution in [0, 0.1) is 5.92 Å². The number of urea groups is 1. The normalized spacial score (nSPS) is 12.2. The fraction of sp³-hybridized carbons (Fsp3) is 0.636. The molecular weight excluding hydrogens is 268 g/mol. The maximum Gasteiger partial charge on any atom is 0.326 e. The van der Waals surface area contributed by atoms with Gasteiger partial charge in [0.2, 0.25) is 5.13 Å². The van der Waals surface area contributed by atoms with Crippen LogP contribution < -0.4 is 10.6 Å². The first-order valence-corrected chi connectivity index (χ1v) is 6.86. The van der Waals surface area contributed by atoms with E-state index in [0.717, 1.165) is 11.4 Å². The quantitative estimate of drug-likeness (QED) is 0.738. The number of carbonyl (C=O) groups is 2. The molecule has 0 radical (unpaired) electrons. The highest BCUT2D eigenvalue weighted by atomic mass is 32.1. The summed E-state index contributed by atoms with van der Waals surface area (Å²) in [5, 5.41) is 22.7. The van der Waals surface area contributed by atoms with Gasteiger partial charge >= 0.3 is 12.0 Å². The zero-order valence-electron chi connectivity index (χ0n) is 11.1. The number of carbonyl (C=O) groups excluding carboxylic acids is 1. The molecule has 0 aliphatic heterocycles. The minimum atomic E-state index is -1.06. The number of anilines is 1. The summed E-state index contributed by atoms with van der Waals surface area (Å²) < 4.78 is 0. The average Bonchev–Trinajstić information content (AvgIpc) is 2.71. The van der Waals surface area contributed by atoms with Gasteiger partial charge in [-0.25, -0.2) is 9.59 Å². The molecular formula is C11H18N4O3S. The Morgan fingerprint density at radius 2 is 2.05 bits per heavy atom. The van der Waals surface area contributed by atoms with Gasteiger partial charge in [0.05, 0.1) is 0 Å². The first kappa shape index (κ1) is 15.4. The van der Waals surface area contributed by atoms with Crippen molar-refractivity contribution in [1.29, 1.82) is 0 Å². The highest BCUT2D eigenvalue weighted by molar-refractivity contribution is 7.15. The second kappa shape index (κ2) is 7.03. The molecule has 1 atom stereocenters. The standard InChI is InChI=1S/C11H18N4O3S/c1-4-7(9(16)17)12-10(18)13-11-15-14-8(19-11)5-6(2)3/h6-7H,4-5H2,1-3H3,(H,16,17)(H2,12,13,15,18)/t7-/m1/s1. The van der Waals surface area contributed by atoms with Crippen molar-refractivity contribution in [2.75, 3.05) is 5.32 Å². The van der Waals surface area contributed by atoms with Crippen LogP contribution in [0.15, 0.2) is 0 Å². The maximum absolute atomic E-state index is 11.6. The lowest BCUT2D eigenvalue weighted by molar-refractivity contribution is -0.139. The molecule has 106 valence electrons. The second-order valence-electron chi connectivity index (χ2n) is 4.50. The fourth-order valence-electron chi connectivity index (χ4n) is 1.37. The number of hydrogen-bond acceptors (Lipinski definition) is 5. The van der Waals surface area contributed by atoms with Gasteiger partial charge in [-0.3, -0.25) is 5.32 Å². The van der Waals surface area contributed by atoms with E-state index >= 15 is 0 Å². The molecule has 7 nitrogen and oxygen atoms in total. The maximum atomic E-state index is 11.6. The van der Waals surface area contributed by atoms with Crippen molar-refractivity contribution in [2.24, 2.45) is 5.92 Å². The Hall–Kier alpha value is -1.70. The molecule has 1 heterocycles. The molecule has 3 N–H and O–H groups in total. The molecule has 2 amide bonds. The summed E-state index contributed by atoms with van der Waals surface area (Å²) in [6.45, 7) is 5.82. The van der Waals surface area contributed by atoms with Gasteiger partial charge in [0.1, 0.15) is 11.0 Å². The van der Waals surface area contributed by atoms with Crippen molar-refractivity contribution in [1.82, 2.24) is 15.5 Å². The number of hydrogen-bond donors (Lipinski definition) is 3. The first-order valence-electron chi connectivity index (χ1n) is 6.05. The molecule has 0 saturated carbocycles. The largest absolute Gasteiger partial charge is 0.480 e. The molecule has 0 fully saturated rings. The van der Waals surface area contributed by atoms with E-state index in [1.54, 1.807) is 6.92 Å². The number of amides is 2. The van der Waals surface area contributed by atoms with Crippen LogP contribution in [0.4, 0.5) is 9.93 Å². The third-order valence-electron chi connectivity index (χ3n) is 2.28. The topological polar surface area (TPSA) is 104 Å². The van der Waals surface area contributed by atoms with Crippen molar-refractivity contribution in [3.05, 3.63) is 5.01 Å². The summed E-state index contributed by atoms with van der Waals surface area (Å²) in [6, 6.07) is -1.48. The highest BCUT2D eigenvalue weighted by Gasteiger charge is 2.18. The third-order valence-corrected chi connectivity index (χ3v) is 3.14. The lowest BCUT2D eigenvalue weighted by Gasteiger charge is -2.11. The van der Waals surface area contributed by atoms with Crippen LogP contribution in [0.2, 0.25) is 0 Å². The minimum Gasteiger partial charge on any atom is -0.480 e. The Morgan fingerprint density at radius 1 is 1.37 bits per heavy atom. The third kappa shape index (κ3) is 5.21. The highest BCUT2D eigenvalue weighted by Crippen LogP contribution is 2.18. The first-order chi connectivity index (χ1) is 8.92. The predicted octanol–water partition coefficient (Wildman–Crippen LogP) is 1.72. The van der Waals surface area contributed by atoms with Gasteiger partial charge in [0, 0.05) is 6.42 Å². The lowest BCUT2D eigenvalue weighted by atomic mass is 10.1. The van der Waals surface area contributed by atoms with Crippen molar-refractivity contribution < 1.29 is 14.7 Å². The van der Waals surface area contributed by atoms with E-state index in [1.165, 1.54) is 11.3 Å². The average molecular weight is 286 g/mol. The van der Waals surface area contributed by atoms with Gasteiger partial charge in [-0.05, 0) is 12.3 Å². The van der Waals surface area contributed by atoms with Gasteiger partial charge in [-0.1, -0.05) is 32.1 Å². The van der Waals surface area contributed by atoms with Crippen LogP contribution in [-0.2, 0) is 11.2 Å². The van der Waals surface area contributed by atoms with E-state index < -0.39 is 18.0 Å². The number of rotatable bonds is 6. The van der Waals surface area contributed by atoms with Crippen LogP contribution in [0.1, 0.15) is 32.2 Å². The Kier molecular flexibility index (Phi) is 5.68. The second-order valence-corrected chi connectivity index (χ2v) is 5.56. The van der Waals surface area contributed by atoms with Crippen LogP contribution >= 0.6 is 11.3 Å². The van der Waals surface area contributed by atoms with Gasteiger partial charge in [0.25, 0.3) is 0 Å². The molecule has 0 saturated heterocycles. The van der Waals surface area contributed by atoms with Gasteiger partial charge < -0.3 is 10.4 Å². The molecule has 0 aromatic carbocycles. The molecule has 0 aliphatic rings. The number of nitrogens with one attached hydrogen (secondary N) is 2. The molecule has 0 aliphatic carbocycles. The number of aromatic nitrogens is 2. The summed E-state index contributed by atoms with van der Waals surface area (Å²) in [4.78, 5) is 22.3. The van der Waals surface area contributed by atoms with Crippen LogP contribution in [-0.4, -0.2) is 33.3 Å². The monoisotopic (exact) mass is 286 g/mol. The molecule has 1 aromatic heterocycles. The van der Waals surface area contributed by atoms with Crippen LogP contribution in [0.5, 0.6) is 0 Å². The Balaban J connectivity index is 2.52. The summed E-state index contributed by atoms with van der Waals surface area (Å²) >= 11 is 1.29. The van der Waals surface area contributed by atoms with E-state index in [4.69, 9.17) is 5.11 Å². The van der Waals surface area contributed by atoms with Crippen LogP contribution in [0.25, 0.3) is 0 Å². The summed E-state index contributed by atoms with van der Waals surface area (Å²) in [5.74, 6) is -0.596. The van der Waals surface area contributed by atoms with Crippen molar-refractivity contribution >= 4 is 28.5 Å². The molecule has 1 aromatic rings. The molecule has 19 heavy (non-hydrogen) atoms. The zero-order valence-corrected chi connectivity index (χ0v) is 12.0. The van der Waals surface area contributed by atoms with Gasteiger partial charge in [0.15, 0.2) is 0 Å². The van der Waals surface area contributed by atoms with Crippen molar-refractivity contribution in [3.8, 4) is 0 Å². The van der Waals surface area contributed by atoms with E-state index in [9.17, 15) is 9.59 Å². The fourth-order valence-corrected chi connectivity index (χ4v) is 2.31. The zero-order chi connectivity index (χ0) is 14.4. The van der Waals surface area contributed by atoms with Crippen molar-refractivity contribution in [3.63, 3.8) is 0 Å². The van der Waals surface area contributed by atoms with E-state index in [-0.39, 0.29) is 0 Å². The Bertz CT molecular complexity index is 447. The molecule has 0 unspecified atom stereocenters. The molecule has 0 spiro atoms. The van der Waals surface area contributed by atoms with Crippen molar-refractivity contribution in [2.45, 2.75) is 39.7 Å². The molecule has 1 rings (SSSR count). The van der Waals surface area contributed by atoms with Crippen LogP contribution in [0.3, 0.4) is 0 Å². The minimum absolute atomic E-state index is 0.317. The summed E-state index contributed by atoms with van der Waals surface area (Å²) in [5.41, 5.74) is 0. The number of carboxylic acids is 1.